The van der Waals surface area contributed by atoms with E-state index in [1.54, 1.807) is 0 Å². The van der Waals surface area contributed by atoms with Crippen molar-refractivity contribution in [3.05, 3.63) is 101 Å². The van der Waals surface area contributed by atoms with Crippen LogP contribution in [0.2, 0.25) is 10.2 Å². The second-order valence-corrected chi connectivity index (χ2v) is 12.0. The molecule has 2 aromatic carbocycles. The van der Waals surface area contributed by atoms with Gasteiger partial charge in [-0.3, -0.25) is 9.97 Å². The smallest absolute Gasteiger partial charge is 0.263 e. The fourth-order valence-corrected chi connectivity index (χ4v) is 7.07. The fourth-order valence-electron chi connectivity index (χ4n) is 3.13. The van der Waals surface area contributed by atoms with Crippen LogP contribution in [0, 0.1) is 11.6 Å². The van der Waals surface area contributed by atoms with Gasteiger partial charge in [0.1, 0.15) is 16.8 Å². The lowest BCUT2D eigenvalue weighted by molar-refractivity contribution is 0.595. The summed E-state index contributed by atoms with van der Waals surface area (Å²) in [6, 6.07) is 8.61. The van der Waals surface area contributed by atoms with Gasteiger partial charge in [0, 0.05) is 12.4 Å². The molecular formula is C22H13Cl2F2N5O4S3. The summed E-state index contributed by atoms with van der Waals surface area (Å²) in [5.74, 6) is -1.91. The minimum Gasteiger partial charge on any atom is -0.263 e. The first-order valence-corrected chi connectivity index (χ1v) is 14.2. The molecule has 0 aliphatic heterocycles. The van der Waals surface area contributed by atoms with Crippen molar-refractivity contribution in [2.24, 2.45) is 0 Å². The van der Waals surface area contributed by atoms with E-state index < -0.39 is 52.4 Å². The summed E-state index contributed by atoms with van der Waals surface area (Å²) in [5.41, 5.74) is -0.273. The van der Waals surface area contributed by atoms with Crippen LogP contribution in [0.3, 0.4) is 0 Å². The van der Waals surface area contributed by atoms with E-state index in [0.29, 0.717) is 8.61 Å². The zero-order valence-electron chi connectivity index (χ0n) is 18.6. The Morgan fingerprint density at radius 2 is 1.26 bits per heavy atom. The maximum atomic E-state index is 13.9. The quantitative estimate of drug-likeness (QED) is 0.283. The highest BCUT2D eigenvalue weighted by molar-refractivity contribution is 7.98. The van der Waals surface area contributed by atoms with Crippen molar-refractivity contribution in [3.63, 3.8) is 0 Å². The van der Waals surface area contributed by atoms with Crippen molar-refractivity contribution in [3.8, 4) is 0 Å². The molecule has 0 aliphatic carbocycles. The van der Waals surface area contributed by atoms with Crippen molar-refractivity contribution in [2.45, 2.75) is 9.79 Å². The molecule has 0 radical (unpaired) electrons. The lowest BCUT2D eigenvalue weighted by Crippen LogP contribution is -2.49. The number of halogens is 4. The second kappa shape index (κ2) is 10.8. The normalized spacial score (nSPS) is 11.7. The van der Waals surface area contributed by atoms with Crippen LogP contribution in [0.25, 0.3) is 0 Å². The average Bonchev–Trinajstić information content (AvgIpc) is 2.86. The second-order valence-electron chi connectivity index (χ2n) is 7.26. The van der Waals surface area contributed by atoms with Crippen LogP contribution in [-0.4, -0.2) is 36.9 Å². The molecule has 4 aromatic rings. The molecule has 2 heterocycles. The van der Waals surface area contributed by atoms with Gasteiger partial charge in [0.15, 0.2) is 5.82 Å². The van der Waals surface area contributed by atoms with Crippen LogP contribution in [-0.2, 0) is 20.0 Å². The topological polar surface area (TPSA) is 113 Å². The largest absolute Gasteiger partial charge is 0.271 e. The summed E-state index contributed by atoms with van der Waals surface area (Å²) in [7, 11) is -9.50. The maximum Gasteiger partial charge on any atom is 0.271 e. The third-order valence-electron chi connectivity index (χ3n) is 4.82. The number of thiocarbonyl (C=S) groups is 1. The van der Waals surface area contributed by atoms with Crippen LogP contribution in [0.1, 0.15) is 0 Å². The van der Waals surface area contributed by atoms with Gasteiger partial charge in [0.05, 0.1) is 32.9 Å². The Balaban J connectivity index is 2.00. The molecule has 0 N–H and O–H groups in total. The molecule has 0 atom stereocenters. The number of hydrogen-bond donors (Lipinski definition) is 0. The van der Waals surface area contributed by atoms with E-state index in [9.17, 15) is 25.6 Å². The summed E-state index contributed by atoms with van der Waals surface area (Å²) in [6.45, 7) is 0. The Bertz CT molecular complexity index is 1730. The average molecular weight is 616 g/mol. The van der Waals surface area contributed by atoms with Gasteiger partial charge >= 0.3 is 0 Å². The van der Waals surface area contributed by atoms with Crippen molar-refractivity contribution >= 4 is 72.1 Å². The molecular weight excluding hydrogens is 603 g/mol. The number of nitrogens with zero attached hydrogens (tertiary/aromatic N) is 5. The Morgan fingerprint density at radius 3 is 1.76 bits per heavy atom. The summed E-state index contributed by atoms with van der Waals surface area (Å²) < 4.78 is 83.3. The first-order valence-electron chi connectivity index (χ1n) is 10.2. The van der Waals surface area contributed by atoms with Crippen LogP contribution in [0.4, 0.5) is 20.3 Å². The Labute approximate surface area is 231 Å². The Hall–Kier alpha value is -3.30. The van der Waals surface area contributed by atoms with Gasteiger partial charge in [-0.2, -0.15) is 4.31 Å². The van der Waals surface area contributed by atoms with E-state index in [0.717, 1.165) is 67.1 Å². The molecule has 38 heavy (non-hydrogen) atoms. The zero-order chi connectivity index (χ0) is 27.7. The molecule has 0 amide bonds. The third-order valence-corrected chi connectivity index (χ3v) is 9.32. The monoisotopic (exact) mass is 615 g/mol. The molecule has 0 aliphatic rings. The predicted molar refractivity (Wildman–Crippen MR) is 141 cm³/mol. The van der Waals surface area contributed by atoms with E-state index in [2.05, 4.69) is 15.0 Å². The van der Waals surface area contributed by atoms with Gasteiger partial charge in [0.25, 0.3) is 20.0 Å². The SMILES string of the molecule is O=S(=O)(c1ccc(F)cc1)N(C(=S)N(c1ccncc1Cl)S(=O)(=O)c1ccc(F)cc1)c1cncc(Cl)n1. The molecule has 9 nitrogen and oxygen atoms in total. The molecule has 2 aromatic heterocycles. The van der Waals surface area contributed by atoms with Crippen LogP contribution < -0.4 is 8.61 Å². The highest BCUT2D eigenvalue weighted by Crippen LogP contribution is 2.34. The van der Waals surface area contributed by atoms with Crippen LogP contribution >= 0.6 is 35.4 Å². The molecule has 0 saturated carbocycles. The van der Waals surface area contributed by atoms with Gasteiger partial charge in [-0.05, 0) is 66.8 Å². The highest BCUT2D eigenvalue weighted by Gasteiger charge is 2.39. The molecule has 16 heteroatoms. The van der Waals surface area contributed by atoms with Crippen molar-refractivity contribution < 1.29 is 25.6 Å². The van der Waals surface area contributed by atoms with Crippen molar-refractivity contribution in [2.75, 3.05) is 8.61 Å². The number of benzene rings is 2. The number of hydrogen-bond acceptors (Lipinski definition) is 8. The molecule has 196 valence electrons. The van der Waals surface area contributed by atoms with E-state index in [1.165, 1.54) is 12.3 Å². The molecule has 0 unspecified atom stereocenters. The summed E-state index contributed by atoms with van der Waals surface area (Å²) in [6.07, 6.45) is 4.42. The van der Waals surface area contributed by atoms with Gasteiger partial charge in [-0.15, -0.1) is 0 Å². The lowest BCUT2D eigenvalue weighted by atomic mass is 10.4. The molecule has 0 saturated heterocycles. The number of aromatic nitrogens is 3. The standard InChI is InChI=1S/C22H13Cl2F2N5O4S3/c23-18-11-27-10-9-19(18)30(37(32,33)16-5-1-14(25)2-6-16)22(36)31(21-13-28-12-20(24)29-21)38(34,35)17-7-3-15(26)4-8-17/h1-13H. The fraction of sp³-hybridized carbons (Fsp3) is 0. The van der Waals surface area contributed by atoms with Crippen molar-refractivity contribution in [1.82, 2.24) is 15.0 Å². The molecule has 0 fully saturated rings. The summed E-state index contributed by atoms with van der Waals surface area (Å²) in [4.78, 5) is 10.7. The number of sulfonamides is 2. The lowest BCUT2D eigenvalue weighted by Gasteiger charge is -2.32. The predicted octanol–water partition coefficient (Wildman–Crippen LogP) is 4.83. The van der Waals surface area contributed by atoms with E-state index >= 15 is 0 Å². The molecule has 4 rings (SSSR count). The first kappa shape index (κ1) is 27.7. The van der Waals surface area contributed by atoms with E-state index in [1.807, 2.05) is 0 Å². The third kappa shape index (κ3) is 5.44. The minimum atomic E-state index is -4.76. The van der Waals surface area contributed by atoms with Crippen molar-refractivity contribution in [1.29, 1.82) is 0 Å². The highest BCUT2D eigenvalue weighted by atomic mass is 35.5. The minimum absolute atomic E-state index is 0.211. The van der Waals surface area contributed by atoms with Gasteiger partial charge in [-0.25, -0.2) is 34.9 Å². The van der Waals surface area contributed by atoms with Gasteiger partial charge in [0.2, 0.25) is 5.11 Å². The van der Waals surface area contributed by atoms with Crippen LogP contribution in [0.15, 0.2) is 89.2 Å². The van der Waals surface area contributed by atoms with E-state index in [4.69, 9.17) is 35.4 Å². The molecule has 0 bridgehead atoms. The van der Waals surface area contributed by atoms with E-state index in [-0.39, 0.29) is 15.9 Å². The Kier molecular flexibility index (Phi) is 7.90. The summed E-state index contributed by atoms with van der Waals surface area (Å²) >= 11 is 17.7. The van der Waals surface area contributed by atoms with Gasteiger partial charge < -0.3 is 0 Å². The van der Waals surface area contributed by atoms with Gasteiger partial charge in [-0.1, -0.05) is 23.2 Å². The zero-order valence-corrected chi connectivity index (χ0v) is 22.6. The number of pyridine rings is 1. The molecule has 0 spiro atoms. The van der Waals surface area contributed by atoms with Crippen LogP contribution in [0.5, 0.6) is 0 Å². The maximum absolute atomic E-state index is 13.9. The first-order chi connectivity index (χ1) is 17.9. The number of rotatable bonds is 6. The number of anilines is 2. The summed E-state index contributed by atoms with van der Waals surface area (Å²) in [5, 5.41) is -1.32. The Morgan fingerprint density at radius 1 is 0.737 bits per heavy atom.